The predicted molar refractivity (Wildman–Crippen MR) is 45.3 cm³/mol. The molecule has 3 nitrogen and oxygen atoms in total. The lowest BCUT2D eigenvalue weighted by atomic mass is 9.91. The number of aliphatic carboxylic acids is 1. The van der Waals surface area contributed by atoms with E-state index in [1.807, 2.05) is 0 Å². The highest BCUT2D eigenvalue weighted by molar-refractivity contribution is 5.75. The van der Waals surface area contributed by atoms with Gasteiger partial charge >= 0.3 is 11.9 Å². The topological polar surface area (TPSA) is 40.5 Å². The summed E-state index contributed by atoms with van der Waals surface area (Å²) >= 11 is 0. The number of nitrogens with zero attached hydrogens (tertiary/aromatic N) is 1. The van der Waals surface area contributed by atoms with Gasteiger partial charge in [0.25, 0.3) is 0 Å². The van der Waals surface area contributed by atoms with Crippen LogP contribution in [0.4, 0.5) is 8.78 Å². The quantitative estimate of drug-likeness (QED) is 0.752. The number of alkyl halides is 2. The third kappa shape index (κ3) is 1.49. The van der Waals surface area contributed by atoms with Crippen LogP contribution in [0.1, 0.15) is 19.3 Å². The monoisotopic (exact) mass is 205 g/mol. The molecule has 2 aliphatic rings. The van der Waals surface area contributed by atoms with Gasteiger partial charge in [0.15, 0.2) is 0 Å². The van der Waals surface area contributed by atoms with Crippen LogP contribution in [0.25, 0.3) is 0 Å². The van der Waals surface area contributed by atoms with E-state index in [2.05, 4.69) is 0 Å². The smallest absolute Gasteiger partial charge is 0.375 e. The predicted octanol–water partition coefficient (Wildman–Crippen LogP) is 1.19. The van der Waals surface area contributed by atoms with E-state index in [9.17, 15) is 13.6 Å². The van der Waals surface area contributed by atoms with E-state index >= 15 is 0 Å². The van der Waals surface area contributed by atoms with Crippen molar-refractivity contribution in [2.45, 2.75) is 31.2 Å². The van der Waals surface area contributed by atoms with E-state index in [0.717, 1.165) is 19.3 Å². The lowest BCUT2D eigenvalue weighted by Gasteiger charge is -2.45. The number of hydrogen-bond donors (Lipinski definition) is 1. The summed E-state index contributed by atoms with van der Waals surface area (Å²) in [6.45, 7) is 0.0248. The van der Waals surface area contributed by atoms with Crippen molar-refractivity contribution < 1.29 is 18.7 Å². The summed E-state index contributed by atoms with van der Waals surface area (Å²) in [7, 11) is 0. The Morgan fingerprint density at radius 2 is 2.21 bits per heavy atom. The normalized spacial score (nSPS) is 32.4. The van der Waals surface area contributed by atoms with E-state index < -0.39 is 18.4 Å². The van der Waals surface area contributed by atoms with Crippen LogP contribution >= 0.6 is 0 Å². The van der Waals surface area contributed by atoms with E-state index in [0.29, 0.717) is 12.5 Å². The fourth-order valence-electron chi connectivity index (χ4n) is 2.51. The van der Waals surface area contributed by atoms with Gasteiger partial charge in [-0.1, -0.05) is 6.42 Å². The Labute approximate surface area is 80.7 Å². The molecule has 0 spiro atoms. The zero-order chi connectivity index (χ0) is 10.3. The Balaban J connectivity index is 1.90. The molecule has 80 valence electrons. The zero-order valence-electron chi connectivity index (χ0n) is 7.75. The van der Waals surface area contributed by atoms with Crippen molar-refractivity contribution in [2.75, 3.05) is 13.1 Å². The number of fused-ring (bicyclic) bond motifs is 1. The second kappa shape index (κ2) is 3.15. The van der Waals surface area contributed by atoms with Crippen molar-refractivity contribution in [3.8, 4) is 0 Å². The first-order valence-corrected chi connectivity index (χ1v) is 4.86. The van der Waals surface area contributed by atoms with Crippen LogP contribution < -0.4 is 0 Å². The number of halogens is 2. The molecular formula is C9H13F2NO2. The second-order valence-corrected chi connectivity index (χ2v) is 4.20. The van der Waals surface area contributed by atoms with Gasteiger partial charge in [-0.3, -0.25) is 4.90 Å². The highest BCUT2D eigenvalue weighted by Gasteiger charge is 2.49. The molecule has 1 N–H and O–H groups in total. The van der Waals surface area contributed by atoms with Crippen molar-refractivity contribution in [1.82, 2.24) is 4.90 Å². The maximum atomic E-state index is 12.8. The minimum absolute atomic E-state index is 0.222. The van der Waals surface area contributed by atoms with Crippen molar-refractivity contribution in [3.05, 3.63) is 0 Å². The van der Waals surface area contributed by atoms with Gasteiger partial charge in [-0.15, -0.1) is 0 Å². The number of carbonyl (C=O) groups is 1. The zero-order valence-corrected chi connectivity index (χ0v) is 7.75. The molecule has 0 aromatic heterocycles. The van der Waals surface area contributed by atoms with Gasteiger partial charge in [0.2, 0.25) is 0 Å². The SMILES string of the molecule is O=C(O)C(F)(F)CN1CC2CCCC21. The summed E-state index contributed by atoms with van der Waals surface area (Å²) in [5.74, 6) is -5.06. The number of likely N-dealkylation sites (tertiary alicyclic amines) is 1. The number of carboxylic acids is 1. The molecule has 0 amide bonds. The molecule has 2 fully saturated rings. The largest absolute Gasteiger partial charge is 0.477 e. The first-order chi connectivity index (χ1) is 6.50. The second-order valence-electron chi connectivity index (χ2n) is 4.20. The van der Waals surface area contributed by atoms with Crippen molar-refractivity contribution >= 4 is 5.97 Å². The fraction of sp³-hybridized carbons (Fsp3) is 0.889. The maximum Gasteiger partial charge on any atom is 0.375 e. The van der Waals surface area contributed by atoms with Crippen LogP contribution in [0.3, 0.4) is 0 Å². The molecular weight excluding hydrogens is 192 g/mol. The highest BCUT2D eigenvalue weighted by Crippen LogP contribution is 2.39. The van der Waals surface area contributed by atoms with Crippen molar-refractivity contribution in [1.29, 1.82) is 0 Å². The van der Waals surface area contributed by atoms with E-state index in [4.69, 9.17) is 5.11 Å². The third-order valence-corrected chi connectivity index (χ3v) is 3.27. The molecule has 0 bridgehead atoms. The Morgan fingerprint density at radius 3 is 2.79 bits per heavy atom. The van der Waals surface area contributed by atoms with Gasteiger partial charge in [0, 0.05) is 12.6 Å². The van der Waals surface area contributed by atoms with Gasteiger partial charge in [0.1, 0.15) is 0 Å². The minimum Gasteiger partial charge on any atom is -0.477 e. The Morgan fingerprint density at radius 1 is 1.50 bits per heavy atom. The summed E-state index contributed by atoms with van der Waals surface area (Å²) in [6.07, 6.45) is 3.14. The molecule has 1 heterocycles. The van der Waals surface area contributed by atoms with Crippen LogP contribution in [0.5, 0.6) is 0 Å². The van der Waals surface area contributed by atoms with Crippen LogP contribution in [0.15, 0.2) is 0 Å². The molecule has 1 saturated carbocycles. The molecule has 5 heteroatoms. The average molecular weight is 205 g/mol. The summed E-state index contributed by atoms with van der Waals surface area (Å²) < 4.78 is 25.7. The van der Waals surface area contributed by atoms with Gasteiger partial charge in [-0.05, 0) is 18.8 Å². The van der Waals surface area contributed by atoms with Crippen LogP contribution in [0, 0.1) is 5.92 Å². The maximum absolute atomic E-state index is 12.8. The number of hydrogen-bond acceptors (Lipinski definition) is 2. The molecule has 2 atom stereocenters. The van der Waals surface area contributed by atoms with Gasteiger partial charge in [-0.25, -0.2) is 4.79 Å². The molecule has 14 heavy (non-hydrogen) atoms. The molecule has 1 saturated heterocycles. The lowest BCUT2D eigenvalue weighted by Crippen LogP contribution is -2.58. The molecule has 0 aromatic carbocycles. The van der Waals surface area contributed by atoms with E-state index in [1.165, 1.54) is 0 Å². The molecule has 1 aliphatic heterocycles. The average Bonchev–Trinajstić information content (AvgIpc) is 2.42. The van der Waals surface area contributed by atoms with Gasteiger partial charge < -0.3 is 5.11 Å². The first kappa shape index (κ1) is 9.83. The number of carboxylic acid groups (broad SMARTS) is 1. The number of rotatable bonds is 3. The van der Waals surface area contributed by atoms with Crippen LogP contribution in [0.2, 0.25) is 0 Å². The summed E-state index contributed by atoms with van der Waals surface area (Å²) in [4.78, 5) is 11.8. The third-order valence-electron chi connectivity index (χ3n) is 3.27. The molecule has 2 rings (SSSR count). The summed E-state index contributed by atoms with van der Waals surface area (Å²) in [5.41, 5.74) is 0. The lowest BCUT2D eigenvalue weighted by molar-refractivity contribution is -0.171. The van der Waals surface area contributed by atoms with E-state index in [1.54, 1.807) is 4.90 Å². The van der Waals surface area contributed by atoms with Crippen LogP contribution in [-0.2, 0) is 4.79 Å². The molecule has 0 radical (unpaired) electrons. The Hall–Kier alpha value is -0.710. The standard InChI is InChI=1S/C9H13F2NO2/c10-9(11,8(13)14)5-12-4-6-2-1-3-7(6)12/h6-7H,1-5H2,(H,13,14). The minimum atomic E-state index is -3.59. The summed E-state index contributed by atoms with van der Waals surface area (Å²) in [6, 6.07) is 0.222. The van der Waals surface area contributed by atoms with Crippen molar-refractivity contribution in [3.63, 3.8) is 0 Å². The molecule has 0 aromatic rings. The first-order valence-electron chi connectivity index (χ1n) is 4.86. The van der Waals surface area contributed by atoms with Gasteiger partial charge in [-0.2, -0.15) is 8.78 Å². The van der Waals surface area contributed by atoms with Crippen molar-refractivity contribution in [2.24, 2.45) is 5.92 Å². The molecule has 1 aliphatic carbocycles. The Bertz CT molecular complexity index is 257. The van der Waals surface area contributed by atoms with Crippen LogP contribution in [-0.4, -0.2) is 41.0 Å². The summed E-state index contributed by atoms with van der Waals surface area (Å²) in [5, 5.41) is 8.27. The molecule has 2 unspecified atom stereocenters. The van der Waals surface area contributed by atoms with Gasteiger partial charge in [0.05, 0.1) is 6.54 Å². The van der Waals surface area contributed by atoms with E-state index in [-0.39, 0.29) is 6.04 Å². The fourth-order valence-corrected chi connectivity index (χ4v) is 2.51. The highest BCUT2D eigenvalue weighted by atomic mass is 19.3. The Kier molecular flexibility index (Phi) is 2.21.